The minimum atomic E-state index is -0.140. The zero-order valence-electron chi connectivity index (χ0n) is 14.8. The van der Waals surface area contributed by atoms with Gasteiger partial charge in [-0.05, 0) is 49.2 Å². The molecule has 7 heteroatoms. The van der Waals surface area contributed by atoms with Crippen LogP contribution in [0, 0.1) is 13.8 Å². The minimum Gasteiger partial charge on any atom is -0.497 e. The summed E-state index contributed by atoms with van der Waals surface area (Å²) in [4.78, 5) is 12.2. The van der Waals surface area contributed by atoms with E-state index in [1.165, 1.54) is 11.8 Å². The Labute approximate surface area is 156 Å². The van der Waals surface area contributed by atoms with Gasteiger partial charge in [0.2, 0.25) is 11.8 Å². The highest BCUT2D eigenvalue weighted by molar-refractivity contribution is 7.99. The lowest BCUT2D eigenvalue weighted by Crippen LogP contribution is -2.14. The van der Waals surface area contributed by atoms with Gasteiger partial charge in [-0.3, -0.25) is 4.79 Å². The van der Waals surface area contributed by atoms with Crippen LogP contribution < -0.4 is 10.1 Å². The van der Waals surface area contributed by atoms with E-state index in [9.17, 15) is 4.79 Å². The van der Waals surface area contributed by atoms with Gasteiger partial charge >= 0.3 is 0 Å². The molecule has 2 aromatic carbocycles. The molecule has 1 N–H and O–H groups in total. The van der Waals surface area contributed by atoms with E-state index in [1.54, 1.807) is 7.11 Å². The number of carbonyl (C=O) groups excluding carboxylic acids is 1. The maximum absolute atomic E-state index is 12.2. The van der Waals surface area contributed by atoms with E-state index in [0.717, 1.165) is 28.1 Å². The molecule has 0 bridgehead atoms. The van der Waals surface area contributed by atoms with Crippen LogP contribution in [-0.2, 0) is 4.79 Å². The lowest BCUT2D eigenvalue weighted by molar-refractivity contribution is -0.113. The van der Waals surface area contributed by atoms with Gasteiger partial charge in [0.1, 0.15) is 5.75 Å². The molecule has 1 aromatic heterocycles. The molecule has 0 aliphatic rings. The summed E-state index contributed by atoms with van der Waals surface area (Å²) in [5.74, 6) is 1.25. The Morgan fingerprint density at radius 3 is 2.69 bits per heavy atom. The van der Waals surface area contributed by atoms with E-state index in [4.69, 9.17) is 9.15 Å². The minimum absolute atomic E-state index is 0.140. The first-order chi connectivity index (χ1) is 12.6. The van der Waals surface area contributed by atoms with E-state index < -0.39 is 0 Å². The monoisotopic (exact) mass is 369 g/mol. The first kappa shape index (κ1) is 18.0. The van der Waals surface area contributed by atoms with Gasteiger partial charge in [0.15, 0.2) is 0 Å². The van der Waals surface area contributed by atoms with Crippen molar-refractivity contribution in [2.75, 3.05) is 18.2 Å². The number of thioether (sulfide) groups is 1. The fraction of sp³-hybridized carbons (Fsp3) is 0.211. The molecular weight excluding hydrogens is 350 g/mol. The van der Waals surface area contributed by atoms with E-state index in [2.05, 4.69) is 15.5 Å². The maximum atomic E-state index is 12.2. The third-order valence-corrected chi connectivity index (χ3v) is 4.63. The fourth-order valence-corrected chi connectivity index (χ4v) is 2.97. The van der Waals surface area contributed by atoms with Crippen LogP contribution >= 0.6 is 11.8 Å². The van der Waals surface area contributed by atoms with Crippen LogP contribution in [0.15, 0.2) is 52.1 Å². The highest BCUT2D eigenvalue weighted by Gasteiger charge is 2.13. The first-order valence-corrected chi connectivity index (χ1v) is 9.02. The number of nitrogens with one attached hydrogen (secondary N) is 1. The van der Waals surface area contributed by atoms with E-state index in [-0.39, 0.29) is 11.7 Å². The van der Waals surface area contributed by atoms with Crippen LogP contribution in [0.5, 0.6) is 5.75 Å². The molecule has 3 aromatic rings. The predicted molar refractivity (Wildman–Crippen MR) is 102 cm³/mol. The van der Waals surface area contributed by atoms with Crippen molar-refractivity contribution in [3.05, 3.63) is 53.6 Å². The third-order valence-electron chi connectivity index (χ3n) is 3.82. The van der Waals surface area contributed by atoms with Gasteiger partial charge < -0.3 is 14.5 Å². The van der Waals surface area contributed by atoms with Gasteiger partial charge in [-0.15, -0.1) is 10.2 Å². The number of nitrogens with zero attached hydrogens (tertiary/aromatic N) is 2. The molecule has 0 aliphatic heterocycles. The standard InChI is InChI=1S/C19H19N3O3S/c1-12-6-4-5-7-15(12)18-21-22-19(25-18)26-11-17(23)20-16-9-8-14(24-3)10-13(16)2/h4-10H,11H2,1-3H3,(H,20,23). The van der Waals surface area contributed by atoms with Gasteiger partial charge in [-0.1, -0.05) is 30.0 Å². The molecule has 0 unspecified atom stereocenters. The Balaban J connectivity index is 1.59. The number of aromatic nitrogens is 2. The zero-order chi connectivity index (χ0) is 18.5. The van der Waals surface area contributed by atoms with Crippen LogP contribution in [0.4, 0.5) is 5.69 Å². The number of carbonyl (C=O) groups is 1. The fourth-order valence-electron chi connectivity index (χ4n) is 2.41. The SMILES string of the molecule is COc1ccc(NC(=O)CSc2nnc(-c3ccccc3C)o2)c(C)c1. The largest absolute Gasteiger partial charge is 0.497 e. The number of hydrogen-bond donors (Lipinski definition) is 1. The number of ether oxygens (including phenoxy) is 1. The Kier molecular flexibility index (Phi) is 5.58. The molecule has 134 valence electrons. The lowest BCUT2D eigenvalue weighted by Gasteiger charge is -2.09. The number of anilines is 1. The number of methoxy groups -OCH3 is 1. The van der Waals surface area contributed by atoms with E-state index >= 15 is 0 Å². The highest BCUT2D eigenvalue weighted by atomic mass is 32.2. The van der Waals surface area contributed by atoms with E-state index in [1.807, 2.05) is 56.3 Å². The third kappa shape index (κ3) is 4.23. The van der Waals surface area contributed by atoms with Crippen molar-refractivity contribution in [2.24, 2.45) is 0 Å². The Morgan fingerprint density at radius 1 is 1.15 bits per heavy atom. The van der Waals surface area contributed by atoms with Crippen LogP contribution in [0.25, 0.3) is 11.5 Å². The van der Waals surface area contributed by atoms with Crippen molar-refractivity contribution >= 4 is 23.4 Å². The molecule has 26 heavy (non-hydrogen) atoms. The highest BCUT2D eigenvalue weighted by Crippen LogP contribution is 2.26. The van der Waals surface area contributed by atoms with Gasteiger partial charge in [-0.2, -0.15) is 0 Å². The average molecular weight is 369 g/mol. The van der Waals surface area contributed by atoms with Crippen LogP contribution in [0.2, 0.25) is 0 Å². The smallest absolute Gasteiger partial charge is 0.277 e. The molecule has 0 saturated carbocycles. The second-order valence-corrected chi connectivity index (χ2v) is 6.63. The Hall–Kier alpha value is -2.80. The van der Waals surface area contributed by atoms with Crippen molar-refractivity contribution < 1.29 is 13.9 Å². The molecule has 0 fully saturated rings. The van der Waals surface area contributed by atoms with Crippen LogP contribution in [-0.4, -0.2) is 29.0 Å². The predicted octanol–water partition coefficient (Wildman–Crippen LogP) is 4.09. The van der Waals surface area contributed by atoms with Crippen LogP contribution in [0.3, 0.4) is 0 Å². The summed E-state index contributed by atoms with van der Waals surface area (Å²) in [7, 11) is 1.61. The van der Waals surface area contributed by atoms with Gasteiger partial charge in [0.25, 0.3) is 5.22 Å². The van der Waals surface area contributed by atoms with Crippen molar-refractivity contribution in [3.63, 3.8) is 0 Å². The van der Waals surface area contributed by atoms with Gasteiger partial charge in [-0.25, -0.2) is 0 Å². The summed E-state index contributed by atoms with van der Waals surface area (Å²) < 4.78 is 10.8. The second-order valence-electron chi connectivity index (χ2n) is 5.71. The van der Waals surface area contributed by atoms with Crippen molar-refractivity contribution in [1.29, 1.82) is 0 Å². The summed E-state index contributed by atoms with van der Waals surface area (Å²) in [6, 6.07) is 13.3. The number of benzene rings is 2. The first-order valence-electron chi connectivity index (χ1n) is 8.03. The summed E-state index contributed by atoms with van der Waals surface area (Å²) in [6.07, 6.45) is 0. The summed E-state index contributed by atoms with van der Waals surface area (Å²) in [6.45, 7) is 3.90. The molecule has 0 saturated heterocycles. The average Bonchev–Trinajstić information content (AvgIpc) is 3.11. The topological polar surface area (TPSA) is 77.2 Å². The van der Waals surface area contributed by atoms with Crippen LogP contribution in [0.1, 0.15) is 11.1 Å². The number of aryl methyl sites for hydroxylation is 2. The molecule has 0 spiro atoms. The molecule has 1 heterocycles. The normalized spacial score (nSPS) is 10.6. The zero-order valence-corrected chi connectivity index (χ0v) is 15.6. The molecule has 0 atom stereocenters. The molecule has 0 aliphatic carbocycles. The number of hydrogen-bond acceptors (Lipinski definition) is 6. The molecule has 0 radical (unpaired) electrons. The molecule has 3 rings (SSSR count). The van der Waals surface area contributed by atoms with Gasteiger partial charge in [0.05, 0.1) is 12.9 Å². The quantitative estimate of drug-likeness (QED) is 0.660. The Morgan fingerprint density at radius 2 is 1.96 bits per heavy atom. The van der Waals surface area contributed by atoms with Crippen molar-refractivity contribution in [2.45, 2.75) is 19.1 Å². The van der Waals surface area contributed by atoms with Gasteiger partial charge in [0, 0.05) is 11.3 Å². The summed E-state index contributed by atoms with van der Waals surface area (Å²) in [5.41, 5.74) is 3.63. The number of amides is 1. The second kappa shape index (κ2) is 8.05. The lowest BCUT2D eigenvalue weighted by atomic mass is 10.1. The molecular formula is C19H19N3O3S. The molecule has 6 nitrogen and oxygen atoms in total. The Bertz CT molecular complexity index is 924. The van der Waals surface area contributed by atoms with Crippen molar-refractivity contribution in [1.82, 2.24) is 10.2 Å². The number of rotatable bonds is 6. The summed E-state index contributed by atoms with van der Waals surface area (Å²) >= 11 is 1.21. The van der Waals surface area contributed by atoms with E-state index in [0.29, 0.717) is 11.1 Å². The maximum Gasteiger partial charge on any atom is 0.277 e. The van der Waals surface area contributed by atoms with Crippen molar-refractivity contribution in [3.8, 4) is 17.2 Å². The molecule has 1 amide bonds. The summed E-state index contributed by atoms with van der Waals surface area (Å²) in [5, 5.41) is 11.3.